The molecule has 0 radical (unpaired) electrons. The maximum atomic E-state index is 11.0. The molecule has 1 unspecified atom stereocenters. The van der Waals surface area contributed by atoms with E-state index in [1.165, 1.54) is 10.8 Å². The summed E-state index contributed by atoms with van der Waals surface area (Å²) in [6.07, 6.45) is 0.708. The Morgan fingerprint density at radius 1 is 1.19 bits per heavy atom. The van der Waals surface area contributed by atoms with Gasteiger partial charge in [-0.05, 0) is 22.8 Å². The van der Waals surface area contributed by atoms with Gasteiger partial charge in [0, 0.05) is 5.92 Å². The smallest absolute Gasteiger partial charge is 0.220 e. The van der Waals surface area contributed by atoms with Gasteiger partial charge in [0.2, 0.25) is 5.91 Å². The van der Waals surface area contributed by atoms with Gasteiger partial charge in [-0.3, -0.25) is 4.79 Å². The number of nitrogens with two attached hydrogens (primary N) is 1. The highest BCUT2D eigenvalue weighted by molar-refractivity contribution is 5.83. The van der Waals surface area contributed by atoms with E-state index in [9.17, 15) is 4.79 Å². The topological polar surface area (TPSA) is 43.1 Å². The minimum absolute atomic E-state index is 0.110. The van der Waals surface area contributed by atoms with Crippen molar-refractivity contribution in [3.8, 4) is 0 Å². The number of hydrogen-bond donors (Lipinski definition) is 1. The van der Waals surface area contributed by atoms with Crippen LogP contribution in [0.3, 0.4) is 0 Å². The summed E-state index contributed by atoms with van der Waals surface area (Å²) in [7, 11) is 0. The zero-order chi connectivity index (χ0) is 11.5. The Balaban J connectivity index is 2.29. The van der Waals surface area contributed by atoms with Crippen molar-refractivity contribution in [1.82, 2.24) is 0 Å². The second-order valence-electron chi connectivity index (χ2n) is 4.19. The van der Waals surface area contributed by atoms with Gasteiger partial charge in [-0.25, -0.2) is 0 Å². The molecule has 0 heterocycles. The van der Waals surface area contributed by atoms with Crippen LogP contribution in [-0.2, 0) is 11.2 Å². The first kappa shape index (κ1) is 10.7. The van der Waals surface area contributed by atoms with Gasteiger partial charge in [0.25, 0.3) is 0 Å². The molecular formula is C14H15NO. The van der Waals surface area contributed by atoms with Crippen LogP contribution < -0.4 is 5.73 Å². The van der Waals surface area contributed by atoms with Crippen LogP contribution in [0.5, 0.6) is 0 Å². The van der Waals surface area contributed by atoms with Gasteiger partial charge in [0.15, 0.2) is 0 Å². The normalized spacial score (nSPS) is 12.6. The Morgan fingerprint density at radius 3 is 2.56 bits per heavy atom. The number of benzene rings is 2. The van der Waals surface area contributed by atoms with E-state index >= 15 is 0 Å². The monoisotopic (exact) mass is 213 g/mol. The zero-order valence-corrected chi connectivity index (χ0v) is 9.31. The Kier molecular flexibility index (Phi) is 2.91. The summed E-state index contributed by atoms with van der Waals surface area (Å²) >= 11 is 0. The molecule has 0 bridgehead atoms. The van der Waals surface area contributed by atoms with Crippen LogP contribution in [0.1, 0.15) is 12.5 Å². The second-order valence-corrected chi connectivity index (χ2v) is 4.19. The molecule has 82 valence electrons. The van der Waals surface area contributed by atoms with Gasteiger partial charge in [-0.15, -0.1) is 0 Å². The van der Waals surface area contributed by atoms with Crippen LogP contribution in [0.4, 0.5) is 0 Å². The maximum Gasteiger partial charge on any atom is 0.220 e. The maximum absolute atomic E-state index is 11.0. The van der Waals surface area contributed by atoms with Crippen LogP contribution in [0.25, 0.3) is 10.8 Å². The van der Waals surface area contributed by atoms with E-state index in [1.54, 1.807) is 0 Å². The van der Waals surface area contributed by atoms with E-state index in [0.717, 1.165) is 5.56 Å². The van der Waals surface area contributed by atoms with E-state index in [-0.39, 0.29) is 11.8 Å². The minimum Gasteiger partial charge on any atom is -0.369 e. The summed E-state index contributed by atoms with van der Waals surface area (Å²) < 4.78 is 0. The first-order valence-corrected chi connectivity index (χ1v) is 5.44. The van der Waals surface area contributed by atoms with Gasteiger partial charge >= 0.3 is 0 Å². The van der Waals surface area contributed by atoms with Crippen LogP contribution in [0.15, 0.2) is 42.5 Å². The van der Waals surface area contributed by atoms with Crippen molar-refractivity contribution in [2.75, 3.05) is 0 Å². The molecule has 0 aromatic heterocycles. The first-order valence-electron chi connectivity index (χ1n) is 5.44. The summed E-state index contributed by atoms with van der Waals surface area (Å²) in [6, 6.07) is 14.5. The van der Waals surface area contributed by atoms with Crippen LogP contribution in [-0.4, -0.2) is 5.91 Å². The molecule has 1 amide bonds. The van der Waals surface area contributed by atoms with Gasteiger partial charge in [-0.1, -0.05) is 49.4 Å². The van der Waals surface area contributed by atoms with Crippen molar-refractivity contribution in [1.29, 1.82) is 0 Å². The number of primary amides is 1. The lowest BCUT2D eigenvalue weighted by molar-refractivity contribution is -0.121. The van der Waals surface area contributed by atoms with Crippen molar-refractivity contribution >= 4 is 16.7 Å². The molecule has 0 aliphatic carbocycles. The largest absolute Gasteiger partial charge is 0.369 e. The number of fused-ring (bicyclic) bond motifs is 1. The van der Waals surface area contributed by atoms with Crippen LogP contribution in [0.2, 0.25) is 0 Å². The highest BCUT2D eigenvalue weighted by Crippen LogP contribution is 2.17. The number of carbonyl (C=O) groups is 1. The Bertz CT molecular complexity index is 519. The average Bonchev–Trinajstić information content (AvgIpc) is 2.28. The molecule has 2 rings (SSSR count). The van der Waals surface area contributed by atoms with Crippen molar-refractivity contribution in [2.24, 2.45) is 11.7 Å². The number of amides is 1. The Hall–Kier alpha value is -1.83. The molecule has 0 saturated heterocycles. The first-order chi connectivity index (χ1) is 7.66. The third-order valence-electron chi connectivity index (χ3n) is 2.84. The lowest BCUT2D eigenvalue weighted by Crippen LogP contribution is -2.22. The van der Waals surface area contributed by atoms with Gasteiger partial charge < -0.3 is 5.73 Å². The van der Waals surface area contributed by atoms with Gasteiger partial charge in [-0.2, -0.15) is 0 Å². The second kappa shape index (κ2) is 4.35. The molecule has 0 saturated carbocycles. The van der Waals surface area contributed by atoms with Gasteiger partial charge in [0.05, 0.1) is 0 Å². The fourth-order valence-electron chi connectivity index (χ4n) is 1.82. The predicted molar refractivity (Wildman–Crippen MR) is 66.0 cm³/mol. The molecule has 2 N–H and O–H groups in total. The predicted octanol–water partition coefficient (Wildman–Crippen LogP) is 2.50. The van der Waals surface area contributed by atoms with E-state index in [4.69, 9.17) is 5.73 Å². The quantitative estimate of drug-likeness (QED) is 0.836. The van der Waals surface area contributed by atoms with E-state index in [2.05, 4.69) is 30.3 Å². The molecule has 2 nitrogen and oxygen atoms in total. The van der Waals surface area contributed by atoms with Crippen molar-refractivity contribution < 1.29 is 4.79 Å². The van der Waals surface area contributed by atoms with Gasteiger partial charge in [0.1, 0.15) is 0 Å². The summed E-state index contributed by atoms with van der Waals surface area (Å²) in [5.74, 6) is -0.352. The molecule has 2 aromatic carbocycles. The summed E-state index contributed by atoms with van der Waals surface area (Å²) in [5.41, 5.74) is 6.41. The van der Waals surface area contributed by atoms with Crippen LogP contribution in [0, 0.1) is 5.92 Å². The number of hydrogen-bond acceptors (Lipinski definition) is 1. The SMILES string of the molecule is CC(Cc1ccc2ccccc2c1)C(N)=O. The van der Waals surface area contributed by atoms with Crippen LogP contribution >= 0.6 is 0 Å². The number of rotatable bonds is 3. The fraction of sp³-hybridized carbons (Fsp3) is 0.214. The fourth-order valence-corrected chi connectivity index (χ4v) is 1.82. The zero-order valence-electron chi connectivity index (χ0n) is 9.31. The molecule has 2 aromatic rings. The molecule has 0 fully saturated rings. The van der Waals surface area contributed by atoms with Crippen molar-refractivity contribution in [2.45, 2.75) is 13.3 Å². The molecule has 0 aliphatic rings. The van der Waals surface area contributed by atoms with Crippen molar-refractivity contribution in [3.63, 3.8) is 0 Å². The molecule has 1 atom stereocenters. The highest BCUT2D eigenvalue weighted by atomic mass is 16.1. The van der Waals surface area contributed by atoms with E-state index < -0.39 is 0 Å². The number of carbonyl (C=O) groups excluding carboxylic acids is 1. The van der Waals surface area contributed by atoms with E-state index in [1.807, 2.05) is 19.1 Å². The van der Waals surface area contributed by atoms with E-state index in [0.29, 0.717) is 6.42 Å². The third-order valence-corrected chi connectivity index (χ3v) is 2.84. The molecule has 0 aliphatic heterocycles. The molecule has 2 heteroatoms. The Labute approximate surface area is 95.1 Å². The van der Waals surface area contributed by atoms with Crippen molar-refractivity contribution in [3.05, 3.63) is 48.0 Å². The lowest BCUT2D eigenvalue weighted by atomic mass is 9.98. The third kappa shape index (κ3) is 2.22. The summed E-state index contributed by atoms with van der Waals surface area (Å²) in [6.45, 7) is 1.86. The molecule has 16 heavy (non-hydrogen) atoms. The lowest BCUT2D eigenvalue weighted by Gasteiger charge is -2.08. The molecule has 0 spiro atoms. The standard InChI is InChI=1S/C14H15NO/c1-10(14(15)16)8-11-6-7-12-4-2-3-5-13(12)9-11/h2-7,9-10H,8H2,1H3,(H2,15,16). The summed E-state index contributed by atoms with van der Waals surface area (Å²) in [5, 5.41) is 2.43. The highest BCUT2D eigenvalue weighted by Gasteiger charge is 2.09. The molecular weight excluding hydrogens is 198 g/mol. The summed E-state index contributed by atoms with van der Waals surface area (Å²) in [4.78, 5) is 11.0. The minimum atomic E-state index is -0.242. The Morgan fingerprint density at radius 2 is 1.88 bits per heavy atom. The average molecular weight is 213 g/mol.